The lowest BCUT2D eigenvalue weighted by Gasteiger charge is -2.37. The first-order chi connectivity index (χ1) is 29.2. The van der Waals surface area contributed by atoms with Crippen molar-refractivity contribution in [2.75, 3.05) is 127 Å². The van der Waals surface area contributed by atoms with Crippen LogP contribution in [0.25, 0.3) is 0 Å². The Balaban J connectivity index is 1.15. The maximum atomic E-state index is 13.6. The molecule has 328 valence electrons. The number of carbonyl (C=O) groups is 2. The van der Waals surface area contributed by atoms with Gasteiger partial charge >= 0.3 is 0 Å². The number of nitrogens with one attached hydrogen (secondary N) is 1. The molecule has 0 spiro atoms. The summed E-state index contributed by atoms with van der Waals surface area (Å²) in [6.45, 7) is 9.95. The third kappa shape index (κ3) is 14.5. The molecule has 5 rings (SSSR count). The molecule has 3 aromatic rings. The molecule has 0 aliphatic carbocycles. The first-order valence-corrected chi connectivity index (χ1v) is 20.5. The van der Waals surface area contributed by atoms with Crippen LogP contribution in [0.4, 0.5) is 17.8 Å². The lowest BCUT2D eigenvalue weighted by Crippen LogP contribution is -2.51. The quantitative estimate of drug-likeness (QED) is 0.0308. The number of piperazine rings is 2. The lowest BCUT2D eigenvalue weighted by molar-refractivity contribution is -0.135. The van der Waals surface area contributed by atoms with Crippen LogP contribution in [0.1, 0.15) is 43.6 Å². The highest BCUT2D eigenvalue weighted by Crippen LogP contribution is 2.21. The van der Waals surface area contributed by atoms with Crippen LogP contribution >= 0.6 is 0 Å². The summed E-state index contributed by atoms with van der Waals surface area (Å²) in [5.74, 6) is 3.80. The number of terminal acetylenes is 1. The largest absolute Gasteiger partial charge is 0.377 e. The van der Waals surface area contributed by atoms with Crippen molar-refractivity contribution in [1.29, 1.82) is 0 Å². The summed E-state index contributed by atoms with van der Waals surface area (Å²) in [4.78, 5) is 52.9. The molecular weight excluding hydrogens is 777 g/mol. The third-order valence-corrected chi connectivity index (χ3v) is 9.83. The Morgan fingerprint density at radius 2 is 1.43 bits per heavy atom. The second kappa shape index (κ2) is 24.4. The number of aryl methyl sites for hydroxylation is 2. The van der Waals surface area contributed by atoms with Gasteiger partial charge in [-0.3, -0.25) is 14.6 Å². The first-order valence-electron chi connectivity index (χ1n) is 20.5. The average Bonchev–Trinajstić information content (AvgIpc) is 3.93. The number of hydrogen-bond acceptors (Lipinski definition) is 17. The van der Waals surface area contributed by atoms with Gasteiger partial charge in [-0.05, 0) is 45.6 Å². The van der Waals surface area contributed by atoms with E-state index in [1.807, 2.05) is 22.9 Å². The zero-order valence-electron chi connectivity index (χ0n) is 34.6. The molecule has 23 nitrogen and oxygen atoms in total. The standard InChI is InChI=1S/C37H60N18O5/c1-3-20-58-22-24-60-25-23-59-21-11-42-35-43-36(52-16-12-50(13-17-52)32(56)28-54-26-30(46-48-54)7-4-5-9-38)45-37(44-35)53-18-14-51(15-19-53)33(57)29(2)55-27-31(47-49-55)8-6-10-41-34(39)40/h1,26-27,29H,4-25,28,38H2,2H3,(H4,39,40,41)(H,42,43,44,45)/t29-/m0/s1. The summed E-state index contributed by atoms with van der Waals surface area (Å²) in [7, 11) is 0. The van der Waals surface area contributed by atoms with Crippen LogP contribution in [0.15, 0.2) is 17.4 Å². The third-order valence-electron chi connectivity index (χ3n) is 9.83. The van der Waals surface area contributed by atoms with Gasteiger partial charge < -0.3 is 56.3 Å². The van der Waals surface area contributed by atoms with Gasteiger partial charge in [0, 0.05) is 77.8 Å². The molecule has 2 amide bonds. The van der Waals surface area contributed by atoms with E-state index in [4.69, 9.17) is 52.8 Å². The second-order valence-electron chi connectivity index (χ2n) is 14.3. The molecule has 0 unspecified atom stereocenters. The minimum absolute atomic E-state index is 0.0279. The summed E-state index contributed by atoms with van der Waals surface area (Å²) >= 11 is 0. The van der Waals surface area contributed by atoms with Crippen LogP contribution in [0.3, 0.4) is 0 Å². The lowest BCUT2D eigenvalue weighted by atomic mass is 10.2. The minimum Gasteiger partial charge on any atom is -0.377 e. The van der Waals surface area contributed by atoms with E-state index in [-0.39, 0.29) is 30.9 Å². The van der Waals surface area contributed by atoms with Gasteiger partial charge in [0.2, 0.25) is 29.7 Å². The molecule has 2 aliphatic rings. The van der Waals surface area contributed by atoms with Crippen molar-refractivity contribution in [1.82, 2.24) is 54.7 Å². The van der Waals surface area contributed by atoms with Crippen LogP contribution < -0.4 is 32.3 Å². The van der Waals surface area contributed by atoms with Crippen molar-refractivity contribution in [2.45, 2.75) is 51.6 Å². The highest BCUT2D eigenvalue weighted by atomic mass is 16.5. The predicted octanol–water partition coefficient (Wildman–Crippen LogP) is -2.10. The summed E-state index contributed by atoms with van der Waals surface area (Å²) in [6, 6.07) is -0.525. The Kier molecular flexibility index (Phi) is 18.5. The fourth-order valence-electron chi connectivity index (χ4n) is 6.49. The van der Waals surface area contributed by atoms with E-state index in [0.29, 0.717) is 136 Å². The highest BCUT2D eigenvalue weighted by Gasteiger charge is 2.29. The van der Waals surface area contributed by atoms with E-state index >= 15 is 0 Å². The topological polar surface area (TPSA) is 277 Å². The van der Waals surface area contributed by atoms with Gasteiger partial charge in [-0.25, -0.2) is 9.36 Å². The van der Waals surface area contributed by atoms with Gasteiger partial charge in [-0.2, -0.15) is 15.0 Å². The fourth-order valence-corrected chi connectivity index (χ4v) is 6.49. The minimum atomic E-state index is -0.525. The highest BCUT2D eigenvalue weighted by molar-refractivity contribution is 5.80. The summed E-state index contributed by atoms with van der Waals surface area (Å²) in [5, 5.41) is 20.1. The molecule has 3 aromatic heterocycles. The fraction of sp³-hybridized carbons (Fsp3) is 0.676. The molecule has 2 saturated heterocycles. The van der Waals surface area contributed by atoms with Gasteiger partial charge in [0.25, 0.3) is 0 Å². The van der Waals surface area contributed by atoms with Crippen LogP contribution in [0, 0.1) is 12.3 Å². The number of aliphatic imine (C=N–C) groups is 1. The van der Waals surface area contributed by atoms with E-state index in [0.717, 1.165) is 30.7 Å². The number of amides is 2. The van der Waals surface area contributed by atoms with Gasteiger partial charge in [0.15, 0.2) is 5.96 Å². The second-order valence-corrected chi connectivity index (χ2v) is 14.3. The van der Waals surface area contributed by atoms with Crippen molar-refractivity contribution in [3.63, 3.8) is 0 Å². The number of carbonyl (C=O) groups excluding carboxylic acids is 2. The van der Waals surface area contributed by atoms with Crippen molar-refractivity contribution in [3.8, 4) is 12.3 Å². The molecule has 60 heavy (non-hydrogen) atoms. The van der Waals surface area contributed by atoms with Crippen molar-refractivity contribution in [3.05, 3.63) is 23.8 Å². The summed E-state index contributed by atoms with van der Waals surface area (Å²) < 4.78 is 19.6. The van der Waals surface area contributed by atoms with Crippen molar-refractivity contribution < 1.29 is 23.8 Å². The molecule has 2 fully saturated rings. The van der Waals surface area contributed by atoms with E-state index < -0.39 is 6.04 Å². The number of ether oxygens (including phenoxy) is 3. The van der Waals surface area contributed by atoms with Crippen LogP contribution in [0.5, 0.6) is 0 Å². The average molecular weight is 837 g/mol. The van der Waals surface area contributed by atoms with E-state index in [1.165, 1.54) is 0 Å². The first kappa shape index (κ1) is 45.4. The summed E-state index contributed by atoms with van der Waals surface area (Å²) in [5.41, 5.74) is 18.0. The smallest absolute Gasteiger partial charge is 0.247 e. The zero-order valence-corrected chi connectivity index (χ0v) is 34.6. The number of guanidine groups is 1. The predicted molar refractivity (Wildman–Crippen MR) is 223 cm³/mol. The van der Waals surface area contributed by atoms with Crippen LogP contribution in [-0.4, -0.2) is 184 Å². The Morgan fingerprint density at radius 1 is 0.817 bits per heavy atom. The Morgan fingerprint density at radius 3 is 2.10 bits per heavy atom. The normalized spacial score (nSPS) is 14.9. The number of anilines is 3. The zero-order chi connectivity index (χ0) is 42.5. The van der Waals surface area contributed by atoms with Gasteiger partial charge in [0.05, 0.1) is 44.4 Å². The van der Waals surface area contributed by atoms with Gasteiger partial charge in [0.1, 0.15) is 19.2 Å². The number of unbranched alkanes of at least 4 members (excludes halogenated alkanes) is 1. The molecule has 5 heterocycles. The molecule has 0 saturated carbocycles. The number of rotatable bonds is 25. The van der Waals surface area contributed by atoms with E-state index in [1.54, 1.807) is 15.6 Å². The maximum absolute atomic E-state index is 13.6. The van der Waals surface area contributed by atoms with Gasteiger partial charge in [-0.15, -0.1) is 16.6 Å². The monoisotopic (exact) mass is 836 g/mol. The van der Waals surface area contributed by atoms with Gasteiger partial charge in [-0.1, -0.05) is 16.3 Å². The number of hydrogen-bond donors (Lipinski definition) is 4. The SMILES string of the molecule is C#CCOCCOCCOCCNc1nc(N2CCN(C(=O)Cn3cc(CCCCN)nn3)CC2)nc(N2CCN(C(=O)[C@H](C)n3cc(CCCN=C(N)N)nn3)CC2)n1. The molecule has 0 bridgehead atoms. The van der Waals surface area contributed by atoms with Crippen molar-refractivity contribution >= 4 is 35.6 Å². The number of nitrogens with two attached hydrogens (primary N) is 3. The molecular formula is C37H60N18O5. The number of nitrogens with zero attached hydrogens (tertiary/aromatic N) is 14. The molecule has 0 aromatic carbocycles. The number of aromatic nitrogens is 9. The molecule has 0 radical (unpaired) electrons. The van der Waals surface area contributed by atoms with E-state index in [2.05, 4.69) is 46.7 Å². The Bertz CT molecular complexity index is 1830. The molecule has 2 aliphatic heterocycles. The van der Waals surface area contributed by atoms with Crippen molar-refractivity contribution in [2.24, 2.45) is 22.2 Å². The maximum Gasteiger partial charge on any atom is 0.247 e. The van der Waals surface area contributed by atoms with E-state index in [9.17, 15) is 9.59 Å². The van der Waals surface area contributed by atoms with Crippen LogP contribution in [0.2, 0.25) is 0 Å². The van der Waals surface area contributed by atoms with Crippen LogP contribution in [-0.2, 0) is 43.2 Å². The molecule has 1 atom stereocenters. The molecule has 23 heteroatoms. The molecule has 7 N–H and O–H groups in total. The summed E-state index contributed by atoms with van der Waals surface area (Å²) in [6.07, 6.45) is 12.8. The Hall–Kier alpha value is -5.70. The Labute approximate surface area is 350 Å².